The molecule has 1 aromatic rings. The van der Waals surface area contributed by atoms with E-state index in [1.54, 1.807) is 25.3 Å². The second kappa shape index (κ2) is 5.04. The Hall–Kier alpha value is -2.10. The van der Waals surface area contributed by atoms with Gasteiger partial charge < -0.3 is 21.3 Å². The minimum atomic E-state index is 0.209. The van der Waals surface area contributed by atoms with Crippen molar-refractivity contribution in [3.8, 4) is 11.5 Å². The molecule has 0 aromatic heterocycles. The van der Waals surface area contributed by atoms with Crippen molar-refractivity contribution in [2.45, 2.75) is 19.3 Å². The normalized spacial score (nSPS) is 18.2. The summed E-state index contributed by atoms with van der Waals surface area (Å²) in [6.45, 7) is 0. The Morgan fingerprint density at radius 3 is 2.78 bits per heavy atom. The van der Waals surface area contributed by atoms with Crippen molar-refractivity contribution >= 4 is 6.08 Å². The number of hydrogen-bond donors (Lipinski definition) is 3. The Balaban J connectivity index is 2.41. The van der Waals surface area contributed by atoms with Crippen molar-refractivity contribution in [2.24, 2.45) is 11.5 Å². The fourth-order valence-electron chi connectivity index (χ4n) is 2.06. The third-order valence-corrected chi connectivity index (χ3v) is 3.15. The molecule has 0 spiro atoms. The largest absolute Gasteiger partial charge is 0.507 e. The molecule has 1 aromatic carbocycles. The summed E-state index contributed by atoms with van der Waals surface area (Å²) in [5.74, 6) is 0.909. The number of allylic oxidation sites excluding steroid dienone is 2. The highest BCUT2D eigenvalue weighted by molar-refractivity contribution is 5.65. The van der Waals surface area contributed by atoms with Crippen molar-refractivity contribution in [2.75, 3.05) is 7.11 Å². The van der Waals surface area contributed by atoms with E-state index < -0.39 is 0 Å². The summed E-state index contributed by atoms with van der Waals surface area (Å²) in [6, 6.07) is 5.10. The number of ether oxygens (including phenoxy) is 1. The van der Waals surface area contributed by atoms with Crippen LogP contribution in [0.1, 0.15) is 24.8 Å². The maximum atomic E-state index is 9.83. The van der Waals surface area contributed by atoms with Gasteiger partial charge in [0.15, 0.2) is 0 Å². The molecule has 0 aliphatic heterocycles. The van der Waals surface area contributed by atoms with Crippen LogP contribution < -0.4 is 16.2 Å². The van der Waals surface area contributed by atoms with E-state index in [-0.39, 0.29) is 5.75 Å². The number of phenols is 1. The number of methoxy groups -OCH3 is 1. The average molecular weight is 246 g/mol. The Kier molecular flexibility index (Phi) is 3.46. The molecule has 0 atom stereocenters. The van der Waals surface area contributed by atoms with Crippen LogP contribution in [0, 0.1) is 0 Å². The van der Waals surface area contributed by atoms with Crippen molar-refractivity contribution in [3.05, 3.63) is 40.7 Å². The summed E-state index contributed by atoms with van der Waals surface area (Å²) in [5.41, 5.74) is 14.9. The quantitative estimate of drug-likeness (QED) is 0.746. The highest BCUT2D eigenvalue weighted by Crippen LogP contribution is 2.30. The van der Waals surface area contributed by atoms with Gasteiger partial charge in [-0.15, -0.1) is 0 Å². The summed E-state index contributed by atoms with van der Waals surface area (Å²) in [4.78, 5) is 0. The molecule has 1 aliphatic rings. The number of benzene rings is 1. The predicted molar refractivity (Wildman–Crippen MR) is 71.9 cm³/mol. The molecule has 0 bridgehead atoms. The lowest BCUT2D eigenvalue weighted by atomic mass is 9.94. The van der Waals surface area contributed by atoms with Gasteiger partial charge in [0.25, 0.3) is 0 Å². The van der Waals surface area contributed by atoms with Gasteiger partial charge in [-0.3, -0.25) is 0 Å². The molecule has 4 nitrogen and oxygen atoms in total. The molecular formula is C14H18N2O2. The lowest BCUT2D eigenvalue weighted by Crippen LogP contribution is -2.15. The van der Waals surface area contributed by atoms with E-state index in [0.29, 0.717) is 17.0 Å². The molecular weight excluding hydrogens is 228 g/mol. The van der Waals surface area contributed by atoms with E-state index >= 15 is 0 Å². The van der Waals surface area contributed by atoms with Crippen LogP contribution in [0.15, 0.2) is 35.2 Å². The van der Waals surface area contributed by atoms with E-state index in [1.807, 2.05) is 6.08 Å². The summed E-state index contributed by atoms with van der Waals surface area (Å²) in [7, 11) is 1.59. The van der Waals surface area contributed by atoms with Crippen molar-refractivity contribution in [3.63, 3.8) is 0 Å². The third-order valence-electron chi connectivity index (χ3n) is 3.15. The van der Waals surface area contributed by atoms with E-state index in [9.17, 15) is 5.11 Å². The molecule has 5 N–H and O–H groups in total. The van der Waals surface area contributed by atoms with E-state index in [0.717, 1.165) is 30.5 Å². The molecule has 2 rings (SSSR count). The van der Waals surface area contributed by atoms with Crippen LogP contribution in [0.2, 0.25) is 0 Å². The first-order chi connectivity index (χ1) is 8.61. The Labute approximate surface area is 107 Å². The molecule has 4 heteroatoms. The van der Waals surface area contributed by atoms with Crippen LogP contribution in [0.4, 0.5) is 0 Å². The van der Waals surface area contributed by atoms with E-state index in [4.69, 9.17) is 16.2 Å². The minimum absolute atomic E-state index is 0.209. The van der Waals surface area contributed by atoms with E-state index in [2.05, 4.69) is 0 Å². The highest BCUT2D eigenvalue weighted by atomic mass is 16.5. The van der Waals surface area contributed by atoms with Gasteiger partial charge in [-0.2, -0.15) is 0 Å². The van der Waals surface area contributed by atoms with Gasteiger partial charge in [-0.05, 0) is 49.1 Å². The maximum Gasteiger partial charge on any atom is 0.123 e. The lowest BCUT2D eigenvalue weighted by molar-refractivity contribution is 0.412. The van der Waals surface area contributed by atoms with Crippen molar-refractivity contribution < 1.29 is 9.84 Å². The van der Waals surface area contributed by atoms with Gasteiger partial charge in [0, 0.05) is 11.3 Å². The van der Waals surface area contributed by atoms with Crippen LogP contribution in [-0.4, -0.2) is 12.2 Å². The molecule has 0 saturated heterocycles. The zero-order valence-electron chi connectivity index (χ0n) is 10.4. The first-order valence-electron chi connectivity index (χ1n) is 5.94. The SMILES string of the molecule is COc1ccc(O)c(C=C2CCCC(N)=C2N)c1. The molecule has 0 amide bonds. The smallest absolute Gasteiger partial charge is 0.123 e. The van der Waals surface area contributed by atoms with Gasteiger partial charge in [0.2, 0.25) is 0 Å². The van der Waals surface area contributed by atoms with Crippen LogP contribution in [-0.2, 0) is 0 Å². The monoisotopic (exact) mass is 246 g/mol. The second-order valence-corrected chi connectivity index (χ2v) is 4.39. The highest BCUT2D eigenvalue weighted by Gasteiger charge is 2.13. The summed E-state index contributed by atoms with van der Waals surface area (Å²) in [5, 5.41) is 9.83. The molecule has 18 heavy (non-hydrogen) atoms. The third kappa shape index (κ3) is 2.42. The topological polar surface area (TPSA) is 81.5 Å². The zero-order valence-corrected chi connectivity index (χ0v) is 10.4. The molecule has 0 unspecified atom stereocenters. The molecule has 0 fully saturated rings. The number of rotatable bonds is 2. The second-order valence-electron chi connectivity index (χ2n) is 4.39. The number of phenolic OH excluding ortho intramolecular Hbond substituents is 1. The maximum absolute atomic E-state index is 9.83. The predicted octanol–water partition coefficient (Wildman–Crippen LogP) is 2.10. The molecule has 1 aliphatic carbocycles. The number of aromatic hydroxyl groups is 1. The van der Waals surface area contributed by atoms with Crippen LogP contribution in [0.25, 0.3) is 6.08 Å². The van der Waals surface area contributed by atoms with E-state index in [1.165, 1.54) is 0 Å². The van der Waals surface area contributed by atoms with Crippen LogP contribution in [0.3, 0.4) is 0 Å². The average Bonchev–Trinajstić information content (AvgIpc) is 2.37. The Bertz CT molecular complexity index is 519. The molecule has 0 saturated carbocycles. The van der Waals surface area contributed by atoms with Crippen LogP contribution in [0.5, 0.6) is 11.5 Å². The fourth-order valence-corrected chi connectivity index (χ4v) is 2.06. The van der Waals surface area contributed by atoms with Gasteiger partial charge in [0.1, 0.15) is 11.5 Å². The zero-order chi connectivity index (χ0) is 13.1. The Morgan fingerprint density at radius 1 is 1.28 bits per heavy atom. The van der Waals surface area contributed by atoms with Crippen molar-refractivity contribution in [1.82, 2.24) is 0 Å². The Morgan fingerprint density at radius 2 is 2.06 bits per heavy atom. The van der Waals surface area contributed by atoms with Gasteiger partial charge in [0.05, 0.1) is 12.8 Å². The summed E-state index contributed by atoms with van der Waals surface area (Å²) < 4.78 is 5.14. The minimum Gasteiger partial charge on any atom is -0.507 e. The standard InChI is InChI=1S/C14H18N2O2/c1-18-11-5-6-13(17)10(8-11)7-9-3-2-4-12(15)14(9)16/h5-8,17H,2-4,15-16H2,1H3. The molecule has 0 heterocycles. The molecule has 96 valence electrons. The first-order valence-corrected chi connectivity index (χ1v) is 5.94. The fraction of sp³-hybridized carbons (Fsp3) is 0.286. The summed E-state index contributed by atoms with van der Waals surface area (Å²) >= 11 is 0. The molecule has 0 radical (unpaired) electrons. The first kappa shape index (κ1) is 12.4. The van der Waals surface area contributed by atoms with Gasteiger partial charge >= 0.3 is 0 Å². The number of hydrogen-bond acceptors (Lipinski definition) is 4. The number of nitrogens with two attached hydrogens (primary N) is 2. The van der Waals surface area contributed by atoms with Gasteiger partial charge in [-0.1, -0.05) is 0 Å². The van der Waals surface area contributed by atoms with Crippen LogP contribution >= 0.6 is 0 Å². The van der Waals surface area contributed by atoms with Crippen molar-refractivity contribution in [1.29, 1.82) is 0 Å². The van der Waals surface area contributed by atoms with Gasteiger partial charge in [-0.25, -0.2) is 0 Å². The summed E-state index contributed by atoms with van der Waals surface area (Å²) in [6.07, 6.45) is 4.58. The lowest BCUT2D eigenvalue weighted by Gasteiger charge is -2.17.